The Bertz CT molecular complexity index is 656. The number of rotatable bonds is 3. The summed E-state index contributed by atoms with van der Waals surface area (Å²) in [4.78, 5) is 4.09. The van der Waals surface area contributed by atoms with Gasteiger partial charge >= 0.3 is 6.18 Å². The van der Waals surface area contributed by atoms with Gasteiger partial charge in [0.15, 0.2) is 0 Å². The number of hydrogen-bond acceptors (Lipinski definition) is 3. The summed E-state index contributed by atoms with van der Waals surface area (Å²) < 4.78 is 39.4. The Morgan fingerprint density at radius 1 is 1.10 bits per heavy atom. The minimum atomic E-state index is -4.42. The van der Waals surface area contributed by atoms with E-state index in [1.165, 1.54) is 7.05 Å². The summed E-state index contributed by atoms with van der Waals surface area (Å²) in [6, 6.07) is 7.50. The first-order valence-corrected chi connectivity index (χ1v) is 6.89. The summed E-state index contributed by atoms with van der Waals surface area (Å²) in [5.41, 5.74) is 0.888. The molecule has 0 radical (unpaired) electrons. The second-order valence-corrected chi connectivity index (χ2v) is 5.34. The van der Waals surface area contributed by atoms with E-state index in [1.807, 2.05) is 25.1 Å². The number of pyridine rings is 1. The summed E-state index contributed by atoms with van der Waals surface area (Å²) in [6.45, 7) is 1.90. The zero-order valence-electron chi connectivity index (χ0n) is 11.3. The van der Waals surface area contributed by atoms with E-state index >= 15 is 0 Å². The van der Waals surface area contributed by atoms with Crippen molar-refractivity contribution in [2.45, 2.75) is 13.1 Å². The van der Waals surface area contributed by atoms with Crippen molar-refractivity contribution < 1.29 is 13.2 Å². The van der Waals surface area contributed by atoms with Crippen LogP contribution in [0.1, 0.15) is 11.1 Å². The van der Waals surface area contributed by atoms with E-state index in [0.717, 1.165) is 22.2 Å². The van der Waals surface area contributed by atoms with Crippen molar-refractivity contribution in [2.24, 2.45) is 0 Å². The van der Waals surface area contributed by atoms with Crippen molar-refractivity contribution >= 4 is 33.3 Å². The highest BCUT2D eigenvalue weighted by Crippen LogP contribution is 2.33. The fraction of sp³-hybridized carbons (Fsp3) is 0.214. The second kappa shape index (κ2) is 5.93. The van der Waals surface area contributed by atoms with Crippen LogP contribution < -0.4 is 10.6 Å². The molecule has 0 saturated heterocycles. The lowest BCUT2D eigenvalue weighted by atomic mass is 10.2. The Hall–Kier alpha value is -1.76. The third-order valence-electron chi connectivity index (χ3n) is 2.79. The molecule has 0 spiro atoms. The number of alkyl halides is 3. The van der Waals surface area contributed by atoms with Gasteiger partial charge in [0, 0.05) is 11.5 Å². The van der Waals surface area contributed by atoms with Gasteiger partial charge < -0.3 is 10.6 Å². The number of halogens is 4. The molecular weight excluding hydrogens is 347 g/mol. The van der Waals surface area contributed by atoms with Gasteiger partial charge in [-0.1, -0.05) is 6.07 Å². The lowest BCUT2D eigenvalue weighted by Crippen LogP contribution is -2.08. The van der Waals surface area contributed by atoms with E-state index in [1.54, 1.807) is 0 Å². The molecule has 2 aromatic rings. The molecule has 0 fully saturated rings. The highest BCUT2D eigenvalue weighted by Gasteiger charge is 2.31. The van der Waals surface area contributed by atoms with Crippen molar-refractivity contribution in [2.75, 3.05) is 17.7 Å². The number of benzene rings is 1. The minimum Gasteiger partial charge on any atom is -0.373 e. The van der Waals surface area contributed by atoms with Gasteiger partial charge in [0.25, 0.3) is 0 Å². The normalized spacial score (nSPS) is 11.3. The number of hydrogen-bond donors (Lipinski definition) is 2. The highest BCUT2D eigenvalue weighted by atomic mass is 79.9. The zero-order chi connectivity index (χ0) is 15.6. The van der Waals surface area contributed by atoms with E-state index in [4.69, 9.17) is 0 Å². The Morgan fingerprint density at radius 2 is 1.76 bits per heavy atom. The molecule has 1 heterocycles. The summed E-state index contributed by atoms with van der Waals surface area (Å²) in [5, 5.41) is 5.53. The number of aromatic nitrogens is 1. The van der Waals surface area contributed by atoms with Crippen LogP contribution >= 0.6 is 15.9 Å². The summed E-state index contributed by atoms with van der Waals surface area (Å²) in [6.07, 6.45) is -4.42. The van der Waals surface area contributed by atoms with Crippen molar-refractivity contribution in [1.29, 1.82) is 0 Å². The van der Waals surface area contributed by atoms with Gasteiger partial charge in [-0.2, -0.15) is 13.2 Å². The maximum absolute atomic E-state index is 12.9. The summed E-state index contributed by atoms with van der Waals surface area (Å²) in [7, 11) is 1.52. The number of nitrogens with one attached hydrogen (secondary N) is 2. The van der Waals surface area contributed by atoms with Gasteiger partial charge in [0.1, 0.15) is 11.6 Å². The van der Waals surface area contributed by atoms with Crippen molar-refractivity contribution in [3.63, 3.8) is 0 Å². The summed E-state index contributed by atoms with van der Waals surface area (Å²) >= 11 is 3.35. The highest BCUT2D eigenvalue weighted by molar-refractivity contribution is 9.10. The van der Waals surface area contributed by atoms with E-state index in [-0.39, 0.29) is 11.6 Å². The average molecular weight is 360 g/mol. The Morgan fingerprint density at radius 3 is 2.38 bits per heavy atom. The predicted octanol–water partition coefficient (Wildman–Crippen LogP) is 4.96. The van der Waals surface area contributed by atoms with Crippen LogP contribution in [0.3, 0.4) is 0 Å². The molecule has 0 unspecified atom stereocenters. The van der Waals surface area contributed by atoms with Crippen LogP contribution in [-0.4, -0.2) is 12.0 Å². The topological polar surface area (TPSA) is 37.0 Å². The quantitative estimate of drug-likeness (QED) is 0.813. The lowest BCUT2D eigenvalue weighted by molar-refractivity contribution is -0.137. The van der Waals surface area contributed by atoms with Crippen molar-refractivity contribution in [3.8, 4) is 0 Å². The number of nitrogens with zero attached hydrogens (tertiary/aromatic N) is 1. The average Bonchev–Trinajstić information content (AvgIpc) is 2.41. The standard InChI is InChI=1S/C14H13BrF3N3/c1-8-3-4-10(15)11(5-8)20-13-7-9(14(16,17)18)6-12(19-2)21-13/h3-7H,1-2H3,(H2,19,20,21). The maximum Gasteiger partial charge on any atom is 0.416 e. The third kappa shape index (κ3) is 3.87. The molecule has 0 amide bonds. The van der Waals surface area contributed by atoms with Crippen LogP contribution in [-0.2, 0) is 6.18 Å². The molecule has 0 saturated carbocycles. The summed E-state index contributed by atoms with van der Waals surface area (Å²) in [5.74, 6) is 0.275. The van der Waals surface area contributed by atoms with Gasteiger partial charge in [-0.05, 0) is 52.7 Å². The molecule has 0 aliphatic carbocycles. The lowest BCUT2D eigenvalue weighted by Gasteiger charge is -2.13. The molecule has 2 rings (SSSR count). The van der Waals surface area contributed by atoms with Crippen LogP contribution in [0.4, 0.5) is 30.5 Å². The van der Waals surface area contributed by atoms with Gasteiger partial charge in [-0.25, -0.2) is 4.98 Å². The van der Waals surface area contributed by atoms with Gasteiger partial charge in [-0.15, -0.1) is 0 Å². The second-order valence-electron chi connectivity index (χ2n) is 4.48. The molecule has 2 N–H and O–H groups in total. The Labute approximate surface area is 128 Å². The molecule has 21 heavy (non-hydrogen) atoms. The molecule has 7 heteroatoms. The monoisotopic (exact) mass is 359 g/mol. The van der Waals surface area contributed by atoms with Crippen LogP contribution in [0.15, 0.2) is 34.8 Å². The van der Waals surface area contributed by atoms with Crippen LogP contribution in [0.25, 0.3) is 0 Å². The predicted molar refractivity (Wildman–Crippen MR) is 80.9 cm³/mol. The van der Waals surface area contributed by atoms with Crippen LogP contribution in [0.2, 0.25) is 0 Å². The molecule has 0 aliphatic heterocycles. The molecule has 0 bridgehead atoms. The van der Waals surface area contributed by atoms with Gasteiger partial charge in [0.05, 0.1) is 11.3 Å². The fourth-order valence-corrected chi connectivity index (χ4v) is 2.10. The van der Waals surface area contributed by atoms with E-state index in [0.29, 0.717) is 5.69 Å². The largest absolute Gasteiger partial charge is 0.416 e. The first-order valence-electron chi connectivity index (χ1n) is 6.10. The molecule has 0 aliphatic rings. The fourth-order valence-electron chi connectivity index (χ4n) is 1.76. The SMILES string of the molecule is CNc1cc(C(F)(F)F)cc(Nc2cc(C)ccc2Br)n1. The van der Waals surface area contributed by atoms with Gasteiger partial charge in [0.2, 0.25) is 0 Å². The van der Waals surface area contributed by atoms with Crippen molar-refractivity contribution in [1.82, 2.24) is 4.98 Å². The first-order chi connectivity index (χ1) is 9.79. The van der Waals surface area contributed by atoms with Crippen LogP contribution in [0.5, 0.6) is 0 Å². The number of aryl methyl sites for hydroxylation is 1. The van der Waals surface area contributed by atoms with E-state index in [9.17, 15) is 13.2 Å². The van der Waals surface area contributed by atoms with E-state index in [2.05, 4.69) is 31.5 Å². The zero-order valence-corrected chi connectivity index (χ0v) is 12.9. The number of anilines is 3. The molecule has 112 valence electrons. The molecule has 1 aromatic heterocycles. The third-order valence-corrected chi connectivity index (χ3v) is 3.48. The first kappa shape index (κ1) is 15.6. The Kier molecular flexibility index (Phi) is 4.41. The molecular formula is C14H13BrF3N3. The van der Waals surface area contributed by atoms with E-state index < -0.39 is 11.7 Å². The molecule has 3 nitrogen and oxygen atoms in total. The maximum atomic E-state index is 12.9. The van der Waals surface area contributed by atoms with Gasteiger partial charge in [-0.3, -0.25) is 0 Å². The minimum absolute atomic E-state index is 0.125. The Balaban J connectivity index is 2.42. The van der Waals surface area contributed by atoms with Crippen LogP contribution in [0, 0.1) is 6.92 Å². The molecule has 0 atom stereocenters. The van der Waals surface area contributed by atoms with Crippen molar-refractivity contribution in [3.05, 3.63) is 45.9 Å². The molecule has 1 aromatic carbocycles. The smallest absolute Gasteiger partial charge is 0.373 e.